The van der Waals surface area contributed by atoms with Gasteiger partial charge in [0.15, 0.2) is 6.29 Å². The summed E-state index contributed by atoms with van der Waals surface area (Å²) in [5.74, 6) is 0. The minimum Gasteiger partial charge on any atom is -0.356 e. The summed E-state index contributed by atoms with van der Waals surface area (Å²) in [7, 11) is 4.35. The normalized spacial score (nSPS) is 11.0. The van der Waals surface area contributed by atoms with E-state index in [4.69, 9.17) is 9.47 Å². The summed E-state index contributed by atoms with van der Waals surface area (Å²) in [6.07, 6.45) is 0.891. The van der Waals surface area contributed by atoms with Crippen molar-refractivity contribution in [1.29, 1.82) is 0 Å². The Morgan fingerprint density at radius 3 is 2.33 bits per heavy atom. The van der Waals surface area contributed by atoms with Gasteiger partial charge in [-0.3, -0.25) is 0 Å². The molecule has 0 rings (SSSR count). The molecule has 0 amide bonds. The third kappa shape index (κ3) is 4.59. The molecule has 0 fully saturated rings. The topological polar surface area (TPSA) is 30.5 Å². The fraction of sp³-hybridized carbons (Fsp3) is 1.00. The predicted octanol–water partition coefficient (Wildman–Crippen LogP) is -1.13. The largest absolute Gasteiger partial charge is 0.356 e. The Bertz CT molecular complexity index is 58.9. The summed E-state index contributed by atoms with van der Waals surface area (Å²) >= 11 is 0. The lowest BCUT2D eigenvalue weighted by Crippen LogP contribution is -2.20. The van der Waals surface area contributed by atoms with Crippen LogP contribution in [0.25, 0.3) is 0 Å². The smallest absolute Gasteiger partial charge is 0.158 e. The van der Waals surface area contributed by atoms with Crippen molar-refractivity contribution in [3.8, 4) is 0 Å². The minimum atomic E-state index is -0.0357. The van der Waals surface area contributed by atoms with Crippen LogP contribution in [0.4, 0.5) is 0 Å². The van der Waals surface area contributed by atoms with E-state index in [0.717, 1.165) is 23.4 Å². The Morgan fingerprint density at radius 2 is 2.00 bits per heavy atom. The zero-order chi connectivity index (χ0) is 7.11. The molecule has 0 aromatic rings. The molecule has 0 saturated heterocycles. The molecule has 0 aromatic heterocycles. The summed E-state index contributed by atoms with van der Waals surface area (Å²) in [5.41, 5.74) is 0. The molecule has 0 atom stereocenters. The molecular weight excluding hydrogens is 134 g/mol. The fourth-order valence-corrected chi connectivity index (χ4v) is 0.883. The zero-order valence-corrected chi connectivity index (χ0v) is 8.31. The lowest BCUT2D eigenvalue weighted by molar-refractivity contribution is -0.104. The molecule has 0 saturated carbocycles. The SMILES string of the molecule is COC(CCN[SiH3])OC. The van der Waals surface area contributed by atoms with E-state index < -0.39 is 0 Å². The molecule has 0 aromatic carbocycles. The van der Waals surface area contributed by atoms with Crippen LogP contribution >= 0.6 is 0 Å². The van der Waals surface area contributed by atoms with Crippen LogP contribution in [0.2, 0.25) is 0 Å². The van der Waals surface area contributed by atoms with Crippen molar-refractivity contribution in [2.75, 3.05) is 20.8 Å². The number of rotatable bonds is 5. The van der Waals surface area contributed by atoms with Gasteiger partial charge in [-0.15, -0.1) is 0 Å². The van der Waals surface area contributed by atoms with E-state index in [1.54, 1.807) is 14.2 Å². The van der Waals surface area contributed by atoms with E-state index in [2.05, 4.69) is 4.98 Å². The molecule has 0 aliphatic heterocycles. The number of ether oxygens (including phenoxy) is 2. The molecule has 0 heterocycles. The number of nitrogens with one attached hydrogen (secondary N) is 1. The maximum absolute atomic E-state index is 4.95. The second kappa shape index (κ2) is 6.22. The van der Waals surface area contributed by atoms with Crippen molar-refractivity contribution >= 4 is 10.4 Å². The van der Waals surface area contributed by atoms with Gasteiger partial charge in [0.25, 0.3) is 0 Å². The number of hydrogen-bond acceptors (Lipinski definition) is 3. The van der Waals surface area contributed by atoms with E-state index >= 15 is 0 Å². The fourth-order valence-electron chi connectivity index (χ4n) is 0.594. The molecule has 0 unspecified atom stereocenters. The van der Waals surface area contributed by atoms with Gasteiger partial charge in [0.1, 0.15) is 0 Å². The zero-order valence-electron chi connectivity index (χ0n) is 6.31. The van der Waals surface area contributed by atoms with Crippen LogP contribution in [0.1, 0.15) is 6.42 Å². The highest BCUT2D eigenvalue weighted by Gasteiger charge is 2.01. The summed E-state index contributed by atoms with van der Waals surface area (Å²) in [4.78, 5) is 3.15. The van der Waals surface area contributed by atoms with Crippen LogP contribution in [0, 0.1) is 0 Å². The van der Waals surface area contributed by atoms with Gasteiger partial charge in [0.2, 0.25) is 0 Å². The van der Waals surface area contributed by atoms with Crippen molar-refractivity contribution in [1.82, 2.24) is 4.98 Å². The summed E-state index contributed by atoms with van der Waals surface area (Å²) < 4.78 is 9.91. The van der Waals surface area contributed by atoms with Gasteiger partial charge >= 0.3 is 0 Å². The average molecular weight is 149 g/mol. The molecular formula is C5H15NO2Si. The first-order valence-corrected chi connectivity index (χ1v) is 4.05. The molecule has 0 bridgehead atoms. The summed E-state index contributed by atoms with van der Waals surface area (Å²) in [5, 5.41) is 0. The molecule has 9 heavy (non-hydrogen) atoms. The van der Waals surface area contributed by atoms with E-state index in [1.807, 2.05) is 0 Å². The molecule has 1 N–H and O–H groups in total. The van der Waals surface area contributed by atoms with Crippen LogP contribution < -0.4 is 4.98 Å². The van der Waals surface area contributed by atoms with Gasteiger partial charge in [-0.2, -0.15) is 0 Å². The third-order valence-electron chi connectivity index (χ3n) is 1.16. The van der Waals surface area contributed by atoms with Crippen molar-refractivity contribution in [3.63, 3.8) is 0 Å². The Balaban J connectivity index is 3.09. The highest BCUT2D eigenvalue weighted by atomic mass is 28.2. The highest BCUT2D eigenvalue weighted by Crippen LogP contribution is 1.94. The van der Waals surface area contributed by atoms with Crippen LogP contribution in [0.15, 0.2) is 0 Å². The van der Waals surface area contributed by atoms with E-state index in [1.165, 1.54) is 0 Å². The van der Waals surface area contributed by atoms with Crippen molar-refractivity contribution in [2.45, 2.75) is 12.7 Å². The lowest BCUT2D eigenvalue weighted by atomic mass is 10.4. The number of hydrogen-bond donors (Lipinski definition) is 1. The van der Waals surface area contributed by atoms with Crippen LogP contribution in [0.3, 0.4) is 0 Å². The monoisotopic (exact) mass is 149 g/mol. The van der Waals surface area contributed by atoms with Crippen molar-refractivity contribution in [3.05, 3.63) is 0 Å². The van der Waals surface area contributed by atoms with Crippen LogP contribution in [0.5, 0.6) is 0 Å². The molecule has 3 nitrogen and oxygen atoms in total. The lowest BCUT2D eigenvalue weighted by Gasteiger charge is -2.11. The van der Waals surface area contributed by atoms with Gasteiger partial charge in [-0.1, -0.05) is 0 Å². The highest BCUT2D eigenvalue weighted by molar-refractivity contribution is 6.04. The molecule has 4 heteroatoms. The summed E-state index contributed by atoms with van der Waals surface area (Å²) in [6.45, 7) is 0.985. The first-order valence-electron chi connectivity index (χ1n) is 3.05. The minimum absolute atomic E-state index is 0.0357. The average Bonchev–Trinajstić information content (AvgIpc) is 1.91. The maximum atomic E-state index is 4.95. The first-order chi connectivity index (χ1) is 4.35. The Hall–Kier alpha value is 0.0969. The molecule has 0 spiro atoms. The van der Waals surface area contributed by atoms with E-state index in [-0.39, 0.29) is 6.29 Å². The third-order valence-corrected chi connectivity index (χ3v) is 1.66. The van der Waals surface area contributed by atoms with Crippen molar-refractivity contribution < 1.29 is 9.47 Å². The van der Waals surface area contributed by atoms with Crippen LogP contribution in [-0.4, -0.2) is 37.5 Å². The van der Waals surface area contributed by atoms with Gasteiger partial charge in [0, 0.05) is 20.6 Å². The standard InChI is InChI=1S/C5H15NO2Si/c1-7-5(8-2)3-4-6-9/h5-6H,3-4H2,1-2,9H3. The second-order valence-corrected chi connectivity index (χ2v) is 2.50. The Morgan fingerprint density at radius 1 is 1.44 bits per heavy atom. The van der Waals surface area contributed by atoms with E-state index in [9.17, 15) is 0 Å². The second-order valence-electron chi connectivity index (χ2n) is 1.79. The molecule has 0 aliphatic carbocycles. The molecule has 0 aliphatic rings. The van der Waals surface area contributed by atoms with Crippen molar-refractivity contribution in [2.24, 2.45) is 0 Å². The molecule has 56 valence electrons. The van der Waals surface area contributed by atoms with Gasteiger partial charge in [-0.05, 0) is 6.54 Å². The molecule has 0 radical (unpaired) electrons. The predicted molar refractivity (Wildman–Crippen MR) is 40.4 cm³/mol. The van der Waals surface area contributed by atoms with Crippen LogP contribution in [-0.2, 0) is 9.47 Å². The quantitative estimate of drug-likeness (QED) is 0.396. The van der Waals surface area contributed by atoms with Gasteiger partial charge in [-0.25, -0.2) is 0 Å². The van der Waals surface area contributed by atoms with Gasteiger partial charge < -0.3 is 14.5 Å². The Labute approximate surface area is 59.2 Å². The first kappa shape index (κ1) is 9.10. The number of methoxy groups -OCH3 is 2. The van der Waals surface area contributed by atoms with E-state index in [0.29, 0.717) is 0 Å². The maximum Gasteiger partial charge on any atom is 0.158 e. The van der Waals surface area contributed by atoms with Gasteiger partial charge in [0.05, 0.1) is 10.4 Å². The Kier molecular flexibility index (Phi) is 6.29. The summed E-state index contributed by atoms with van der Waals surface area (Å²) in [6, 6.07) is 0.